The summed E-state index contributed by atoms with van der Waals surface area (Å²) in [7, 11) is 0. The number of nitrogens with two attached hydrogens (primary N) is 3. The molecule has 3 rings (SSSR count). The Balaban J connectivity index is 1.84. The van der Waals surface area contributed by atoms with Gasteiger partial charge in [0.05, 0.1) is 5.92 Å². The molecule has 0 bridgehead atoms. The van der Waals surface area contributed by atoms with Gasteiger partial charge in [0, 0.05) is 12.1 Å². The number of carbonyl (C=O) groups excluding carboxylic acids is 3. The molecule has 0 saturated carbocycles. The molecule has 3 aromatic rings. The van der Waals surface area contributed by atoms with Gasteiger partial charge in [-0.15, -0.1) is 0 Å². The highest BCUT2D eigenvalue weighted by Gasteiger charge is 2.29. The van der Waals surface area contributed by atoms with Crippen LogP contribution in [0.5, 0.6) is 0 Å². The van der Waals surface area contributed by atoms with Crippen LogP contribution in [0.15, 0.2) is 66.7 Å². The number of rotatable bonds is 16. The molecule has 0 saturated heterocycles. The summed E-state index contributed by atoms with van der Waals surface area (Å²) in [5, 5.41) is 25.3. The van der Waals surface area contributed by atoms with Crippen LogP contribution in [0, 0.1) is 10.8 Å². The van der Waals surface area contributed by atoms with Gasteiger partial charge in [0.1, 0.15) is 17.9 Å². The van der Waals surface area contributed by atoms with Gasteiger partial charge in [-0.2, -0.15) is 0 Å². The third-order valence-electron chi connectivity index (χ3n) is 7.32. The molecule has 0 aliphatic heterocycles. The van der Waals surface area contributed by atoms with E-state index in [-0.39, 0.29) is 24.1 Å². The lowest BCUT2D eigenvalue weighted by Gasteiger charge is -2.25. The van der Waals surface area contributed by atoms with E-state index in [1.807, 2.05) is 61.5 Å². The second-order valence-corrected chi connectivity index (χ2v) is 10.6. The van der Waals surface area contributed by atoms with E-state index in [4.69, 9.17) is 28.0 Å². The number of nitrogens with one attached hydrogen (secondary N) is 5. The smallest absolute Gasteiger partial charge is 0.243 e. The molecule has 0 fully saturated rings. The number of hydrogen-bond donors (Lipinski definition) is 8. The lowest BCUT2D eigenvalue weighted by atomic mass is 9.89. The summed E-state index contributed by atoms with van der Waals surface area (Å²) < 4.78 is 0. The molecular formula is C32H42N8O3. The predicted molar refractivity (Wildman–Crippen MR) is 170 cm³/mol. The third kappa shape index (κ3) is 9.84. The first kappa shape index (κ1) is 32.6. The Kier molecular flexibility index (Phi) is 12.1. The molecule has 3 atom stereocenters. The van der Waals surface area contributed by atoms with Crippen molar-refractivity contribution >= 4 is 40.3 Å². The van der Waals surface area contributed by atoms with Gasteiger partial charge >= 0.3 is 0 Å². The normalized spacial score (nSPS) is 13.0. The summed E-state index contributed by atoms with van der Waals surface area (Å²) in [6, 6.07) is 19.2. The fraction of sp³-hybridized carbons (Fsp3) is 0.344. The zero-order valence-corrected chi connectivity index (χ0v) is 24.5. The van der Waals surface area contributed by atoms with Crippen LogP contribution in [-0.2, 0) is 20.8 Å². The number of benzene rings is 3. The maximum atomic E-state index is 14.0. The van der Waals surface area contributed by atoms with Crippen molar-refractivity contribution in [2.24, 2.45) is 17.2 Å². The van der Waals surface area contributed by atoms with Crippen molar-refractivity contribution in [3.8, 4) is 0 Å². The quantitative estimate of drug-likeness (QED) is 0.0716. The average molecular weight is 587 g/mol. The highest BCUT2D eigenvalue weighted by atomic mass is 16.2. The Morgan fingerprint density at radius 1 is 0.791 bits per heavy atom. The summed E-state index contributed by atoms with van der Waals surface area (Å²) in [6.07, 6.45) is 2.96. The summed E-state index contributed by atoms with van der Waals surface area (Å²) in [6.45, 7) is 2.35. The van der Waals surface area contributed by atoms with Crippen LogP contribution < -0.4 is 33.2 Å². The SMILES string of the molecule is CCCC[C@H](NC(=O)[C@H](Cc1ccc(C(=N)N)cc1)c1ccc2ccccc2c1)C(=O)N[C@@H](CCCNC(=N)N)C(N)=O. The molecule has 0 spiro atoms. The Bertz CT molecular complexity index is 1440. The van der Waals surface area contributed by atoms with Crippen molar-refractivity contribution in [2.45, 2.75) is 63.5 Å². The first-order valence-corrected chi connectivity index (χ1v) is 14.5. The Morgan fingerprint density at radius 3 is 2.07 bits per heavy atom. The van der Waals surface area contributed by atoms with Gasteiger partial charge in [0.15, 0.2) is 5.96 Å². The number of primary amides is 1. The molecular weight excluding hydrogens is 544 g/mol. The van der Waals surface area contributed by atoms with Crippen LogP contribution in [-0.4, -0.2) is 48.1 Å². The van der Waals surface area contributed by atoms with Crippen molar-refractivity contribution < 1.29 is 14.4 Å². The van der Waals surface area contributed by atoms with E-state index in [0.29, 0.717) is 37.8 Å². The van der Waals surface area contributed by atoms with E-state index in [1.54, 1.807) is 12.1 Å². The molecule has 228 valence electrons. The van der Waals surface area contributed by atoms with Gasteiger partial charge < -0.3 is 33.2 Å². The van der Waals surface area contributed by atoms with Crippen LogP contribution in [0.3, 0.4) is 0 Å². The predicted octanol–water partition coefficient (Wildman–Crippen LogP) is 2.36. The van der Waals surface area contributed by atoms with E-state index in [9.17, 15) is 14.4 Å². The minimum absolute atomic E-state index is 0.0375. The van der Waals surface area contributed by atoms with Crippen LogP contribution in [0.25, 0.3) is 10.8 Å². The van der Waals surface area contributed by atoms with E-state index >= 15 is 0 Å². The first-order chi connectivity index (χ1) is 20.6. The van der Waals surface area contributed by atoms with Crippen LogP contribution in [0.2, 0.25) is 0 Å². The number of amides is 3. The minimum Gasteiger partial charge on any atom is -0.384 e. The van der Waals surface area contributed by atoms with Crippen LogP contribution in [0.1, 0.15) is 61.6 Å². The largest absolute Gasteiger partial charge is 0.384 e. The van der Waals surface area contributed by atoms with Gasteiger partial charge in [-0.25, -0.2) is 0 Å². The molecule has 0 aromatic heterocycles. The Hall–Kier alpha value is -4.93. The summed E-state index contributed by atoms with van der Waals surface area (Å²) in [5.41, 5.74) is 18.7. The monoisotopic (exact) mass is 586 g/mol. The number of nitrogen functional groups attached to an aromatic ring is 1. The molecule has 11 N–H and O–H groups in total. The molecule has 3 aromatic carbocycles. The van der Waals surface area contributed by atoms with E-state index < -0.39 is 29.8 Å². The second kappa shape index (κ2) is 15.9. The van der Waals surface area contributed by atoms with Crippen molar-refractivity contribution in [1.82, 2.24) is 16.0 Å². The van der Waals surface area contributed by atoms with Gasteiger partial charge in [-0.3, -0.25) is 25.2 Å². The number of carbonyl (C=O) groups is 3. The standard InChI is InChI=1S/C32H42N8O3/c1-2-3-9-27(31(43)39-26(29(35)41)10-6-17-38-32(36)37)40-30(42)25(18-20-11-13-22(14-12-20)28(33)34)24-16-15-21-7-4-5-8-23(21)19-24/h4-5,7-8,11-16,19,25-27H,2-3,6,9-10,17-18H2,1H3,(H3,33,34)(H2,35,41)(H,39,43)(H,40,42)(H4,36,37,38)/t25-,26+,27+/m1/s1. The molecule has 0 unspecified atom stereocenters. The Labute approximate surface area is 252 Å². The molecule has 43 heavy (non-hydrogen) atoms. The number of amidine groups is 1. The van der Waals surface area contributed by atoms with Gasteiger partial charge in [-0.05, 0) is 47.6 Å². The summed E-state index contributed by atoms with van der Waals surface area (Å²) >= 11 is 0. The van der Waals surface area contributed by atoms with Crippen molar-refractivity contribution in [3.05, 3.63) is 83.4 Å². The van der Waals surface area contributed by atoms with Gasteiger partial charge in [-0.1, -0.05) is 86.5 Å². The number of fused-ring (bicyclic) bond motifs is 1. The molecule has 11 heteroatoms. The first-order valence-electron chi connectivity index (χ1n) is 14.5. The maximum Gasteiger partial charge on any atom is 0.243 e. The highest BCUT2D eigenvalue weighted by molar-refractivity contribution is 5.95. The molecule has 0 aliphatic carbocycles. The number of unbranched alkanes of at least 4 members (excludes halogenated alkanes) is 1. The fourth-order valence-electron chi connectivity index (χ4n) is 4.88. The molecule has 11 nitrogen and oxygen atoms in total. The zero-order valence-electron chi connectivity index (χ0n) is 24.5. The Morgan fingerprint density at radius 2 is 1.44 bits per heavy atom. The summed E-state index contributed by atoms with van der Waals surface area (Å²) in [5.74, 6) is -2.31. The van der Waals surface area contributed by atoms with E-state index in [2.05, 4.69) is 16.0 Å². The van der Waals surface area contributed by atoms with E-state index in [0.717, 1.165) is 28.3 Å². The molecule has 0 heterocycles. The van der Waals surface area contributed by atoms with Crippen LogP contribution >= 0.6 is 0 Å². The summed E-state index contributed by atoms with van der Waals surface area (Å²) in [4.78, 5) is 39.5. The molecule has 0 aliphatic rings. The lowest BCUT2D eigenvalue weighted by Crippen LogP contribution is -2.53. The topological polar surface area (TPSA) is 213 Å². The zero-order chi connectivity index (χ0) is 31.4. The minimum atomic E-state index is -0.932. The third-order valence-corrected chi connectivity index (χ3v) is 7.32. The van der Waals surface area contributed by atoms with Crippen LogP contribution in [0.4, 0.5) is 0 Å². The maximum absolute atomic E-state index is 14.0. The average Bonchev–Trinajstić information content (AvgIpc) is 2.99. The number of guanidine groups is 1. The van der Waals surface area contributed by atoms with Gasteiger partial charge in [0.2, 0.25) is 17.7 Å². The molecule has 3 amide bonds. The van der Waals surface area contributed by atoms with Crippen molar-refractivity contribution in [3.63, 3.8) is 0 Å². The van der Waals surface area contributed by atoms with Crippen molar-refractivity contribution in [2.75, 3.05) is 6.54 Å². The van der Waals surface area contributed by atoms with Gasteiger partial charge in [0.25, 0.3) is 0 Å². The highest BCUT2D eigenvalue weighted by Crippen LogP contribution is 2.26. The lowest BCUT2D eigenvalue weighted by molar-refractivity contribution is -0.132. The number of hydrogen-bond acceptors (Lipinski definition) is 5. The fourth-order valence-corrected chi connectivity index (χ4v) is 4.88. The molecule has 0 radical (unpaired) electrons. The van der Waals surface area contributed by atoms with E-state index in [1.165, 1.54) is 0 Å². The van der Waals surface area contributed by atoms with Crippen molar-refractivity contribution in [1.29, 1.82) is 10.8 Å². The second-order valence-electron chi connectivity index (χ2n) is 10.6.